The highest BCUT2D eigenvalue weighted by molar-refractivity contribution is 7.99. The van der Waals surface area contributed by atoms with E-state index in [9.17, 15) is 20.0 Å². The zero-order valence-electron chi connectivity index (χ0n) is 10.1. The van der Waals surface area contributed by atoms with Crippen LogP contribution in [0.3, 0.4) is 0 Å². The molecule has 0 saturated carbocycles. The fourth-order valence-corrected chi connectivity index (χ4v) is 2.55. The van der Waals surface area contributed by atoms with Crippen molar-refractivity contribution < 1.29 is 14.8 Å². The summed E-state index contributed by atoms with van der Waals surface area (Å²) < 4.78 is 0. The number of nitro benzene ring substituents is 1. The number of carbonyl (C=O) groups is 1. The number of carbonyl (C=O) groups excluding carboxylic acids is 1. The Bertz CT molecular complexity index is 688. The Balaban J connectivity index is 2.48. The van der Waals surface area contributed by atoms with E-state index in [0.717, 1.165) is 11.8 Å². The summed E-state index contributed by atoms with van der Waals surface area (Å²) in [5.74, 6) is -0.657. The van der Waals surface area contributed by atoms with Gasteiger partial charge in [-0.05, 0) is 24.3 Å². The number of rotatable bonds is 4. The summed E-state index contributed by atoms with van der Waals surface area (Å²) in [6, 6.07) is 10.3. The molecule has 0 unspecified atom stereocenters. The van der Waals surface area contributed by atoms with E-state index in [0.29, 0.717) is 4.90 Å². The molecule has 7 heteroatoms. The normalized spacial score (nSPS) is 10.2. The third-order valence-corrected chi connectivity index (χ3v) is 3.64. The van der Waals surface area contributed by atoms with Crippen LogP contribution in [0.2, 0.25) is 0 Å². The molecule has 0 fully saturated rings. The van der Waals surface area contributed by atoms with Gasteiger partial charge in [0, 0.05) is 11.6 Å². The molecule has 1 amide bonds. The van der Waals surface area contributed by atoms with Crippen molar-refractivity contribution in [2.75, 3.05) is 0 Å². The number of nitro groups is 1. The maximum atomic E-state index is 11.1. The predicted molar refractivity (Wildman–Crippen MR) is 73.8 cm³/mol. The fourth-order valence-electron chi connectivity index (χ4n) is 1.56. The Labute approximate surface area is 118 Å². The van der Waals surface area contributed by atoms with E-state index >= 15 is 0 Å². The highest BCUT2D eigenvalue weighted by Gasteiger charge is 2.18. The van der Waals surface area contributed by atoms with Gasteiger partial charge in [0.25, 0.3) is 5.69 Å². The van der Waals surface area contributed by atoms with E-state index in [4.69, 9.17) is 5.73 Å². The number of para-hydroxylation sites is 1. The molecule has 3 N–H and O–H groups in total. The number of primary amides is 1. The summed E-state index contributed by atoms with van der Waals surface area (Å²) in [6.07, 6.45) is 0. The molecule has 0 bridgehead atoms. The molecule has 0 radical (unpaired) electrons. The van der Waals surface area contributed by atoms with Gasteiger partial charge in [0.1, 0.15) is 5.75 Å². The highest BCUT2D eigenvalue weighted by atomic mass is 32.2. The summed E-state index contributed by atoms with van der Waals surface area (Å²) >= 11 is 1.00. The molecule has 2 aromatic carbocycles. The van der Waals surface area contributed by atoms with Crippen molar-refractivity contribution in [3.63, 3.8) is 0 Å². The molecule has 2 rings (SSSR count). The monoisotopic (exact) mass is 290 g/mol. The van der Waals surface area contributed by atoms with Gasteiger partial charge in [-0.15, -0.1) is 0 Å². The lowest BCUT2D eigenvalue weighted by atomic mass is 10.2. The number of aromatic hydroxyl groups is 1. The van der Waals surface area contributed by atoms with Crippen LogP contribution in [-0.4, -0.2) is 15.9 Å². The summed E-state index contributed by atoms with van der Waals surface area (Å²) in [5.41, 5.74) is 5.19. The lowest BCUT2D eigenvalue weighted by molar-refractivity contribution is -0.387. The topological polar surface area (TPSA) is 106 Å². The molecule has 102 valence electrons. The van der Waals surface area contributed by atoms with Crippen LogP contribution < -0.4 is 5.73 Å². The third-order valence-electron chi connectivity index (χ3n) is 2.53. The highest BCUT2D eigenvalue weighted by Crippen LogP contribution is 2.39. The Hall–Kier alpha value is -2.54. The van der Waals surface area contributed by atoms with Gasteiger partial charge in [0.05, 0.1) is 14.7 Å². The first-order valence-corrected chi connectivity index (χ1v) is 6.35. The second kappa shape index (κ2) is 5.62. The minimum atomic E-state index is -0.668. The number of phenols is 1. The molecule has 0 spiro atoms. The van der Waals surface area contributed by atoms with Crippen LogP contribution in [0.5, 0.6) is 5.75 Å². The second-order valence-corrected chi connectivity index (χ2v) is 4.96. The summed E-state index contributed by atoms with van der Waals surface area (Å²) in [7, 11) is 0. The van der Waals surface area contributed by atoms with E-state index in [1.54, 1.807) is 18.2 Å². The van der Waals surface area contributed by atoms with Gasteiger partial charge in [-0.1, -0.05) is 23.9 Å². The van der Waals surface area contributed by atoms with Crippen LogP contribution in [0.15, 0.2) is 52.3 Å². The van der Waals surface area contributed by atoms with Crippen molar-refractivity contribution in [3.8, 4) is 5.75 Å². The smallest absolute Gasteiger partial charge is 0.283 e. The Morgan fingerprint density at radius 2 is 1.90 bits per heavy atom. The van der Waals surface area contributed by atoms with E-state index in [1.165, 1.54) is 24.3 Å². The molecule has 0 saturated heterocycles. The van der Waals surface area contributed by atoms with Crippen LogP contribution >= 0.6 is 11.8 Å². The lowest BCUT2D eigenvalue weighted by Crippen LogP contribution is -2.11. The van der Waals surface area contributed by atoms with Crippen LogP contribution in [-0.2, 0) is 0 Å². The quantitative estimate of drug-likeness (QED) is 0.664. The van der Waals surface area contributed by atoms with Gasteiger partial charge in [-0.3, -0.25) is 14.9 Å². The Kier molecular flexibility index (Phi) is 3.90. The molecular weight excluding hydrogens is 280 g/mol. The van der Waals surface area contributed by atoms with E-state index in [1.807, 2.05) is 0 Å². The lowest BCUT2D eigenvalue weighted by Gasteiger charge is -2.06. The molecule has 2 aromatic rings. The largest absolute Gasteiger partial charge is 0.507 e. The minimum Gasteiger partial charge on any atom is -0.507 e. The van der Waals surface area contributed by atoms with Crippen LogP contribution in [0.1, 0.15) is 10.4 Å². The SMILES string of the molecule is NC(=O)c1ccc([N+](=O)[O-])c(Sc2ccccc2O)c1. The standard InChI is InChI=1S/C13H10N2O4S/c14-13(17)8-5-6-9(15(18)19)12(7-8)20-11-4-2-1-3-10(11)16/h1-7,16H,(H2,14,17). The molecule has 20 heavy (non-hydrogen) atoms. The zero-order valence-corrected chi connectivity index (χ0v) is 11.0. The van der Waals surface area contributed by atoms with E-state index in [-0.39, 0.29) is 21.9 Å². The van der Waals surface area contributed by atoms with Crippen molar-refractivity contribution in [2.45, 2.75) is 9.79 Å². The first-order chi connectivity index (χ1) is 9.49. The average molecular weight is 290 g/mol. The summed E-state index contributed by atoms with van der Waals surface area (Å²) in [6.45, 7) is 0. The van der Waals surface area contributed by atoms with E-state index < -0.39 is 10.8 Å². The van der Waals surface area contributed by atoms with Crippen molar-refractivity contribution in [1.29, 1.82) is 0 Å². The van der Waals surface area contributed by atoms with Crippen LogP contribution in [0, 0.1) is 10.1 Å². The Morgan fingerprint density at radius 1 is 1.20 bits per heavy atom. The second-order valence-electron chi connectivity index (χ2n) is 3.87. The zero-order chi connectivity index (χ0) is 14.7. The molecule has 6 nitrogen and oxygen atoms in total. The first kappa shape index (κ1) is 13.9. The van der Waals surface area contributed by atoms with Crippen molar-refractivity contribution in [3.05, 3.63) is 58.1 Å². The molecular formula is C13H10N2O4S. The van der Waals surface area contributed by atoms with Crippen molar-refractivity contribution >= 4 is 23.4 Å². The van der Waals surface area contributed by atoms with Crippen molar-refractivity contribution in [2.24, 2.45) is 5.73 Å². The number of hydrogen-bond acceptors (Lipinski definition) is 5. The minimum absolute atomic E-state index is 0.0104. The predicted octanol–water partition coefficient (Wildman–Crippen LogP) is 2.55. The van der Waals surface area contributed by atoms with Gasteiger partial charge >= 0.3 is 0 Å². The first-order valence-electron chi connectivity index (χ1n) is 5.53. The maximum Gasteiger partial charge on any atom is 0.283 e. The fraction of sp³-hybridized carbons (Fsp3) is 0. The number of hydrogen-bond donors (Lipinski definition) is 2. The van der Waals surface area contributed by atoms with E-state index in [2.05, 4.69) is 0 Å². The summed E-state index contributed by atoms with van der Waals surface area (Å²) in [5, 5.41) is 20.7. The van der Waals surface area contributed by atoms with Crippen molar-refractivity contribution in [1.82, 2.24) is 0 Å². The van der Waals surface area contributed by atoms with Gasteiger partial charge in [-0.2, -0.15) is 0 Å². The van der Waals surface area contributed by atoms with Crippen LogP contribution in [0.4, 0.5) is 5.69 Å². The number of benzene rings is 2. The molecule has 0 aliphatic carbocycles. The van der Waals surface area contributed by atoms with Gasteiger partial charge in [-0.25, -0.2) is 0 Å². The third kappa shape index (κ3) is 2.89. The maximum absolute atomic E-state index is 11.1. The number of amides is 1. The van der Waals surface area contributed by atoms with Gasteiger partial charge in [0.15, 0.2) is 0 Å². The molecule has 0 heterocycles. The Morgan fingerprint density at radius 3 is 2.50 bits per heavy atom. The van der Waals surface area contributed by atoms with Crippen LogP contribution in [0.25, 0.3) is 0 Å². The average Bonchev–Trinajstić information content (AvgIpc) is 2.41. The molecule has 0 aromatic heterocycles. The van der Waals surface area contributed by atoms with Gasteiger partial charge < -0.3 is 10.8 Å². The number of phenolic OH excluding ortho intramolecular Hbond substituents is 1. The number of nitrogens with zero attached hydrogens (tertiary/aromatic N) is 1. The molecule has 0 atom stereocenters. The van der Waals surface area contributed by atoms with Gasteiger partial charge in [0.2, 0.25) is 5.91 Å². The number of nitrogens with two attached hydrogens (primary N) is 1. The molecule has 0 aliphatic heterocycles. The molecule has 0 aliphatic rings. The summed E-state index contributed by atoms with van der Waals surface area (Å²) in [4.78, 5) is 22.3.